The van der Waals surface area contributed by atoms with E-state index < -0.39 is 9.21 Å². The summed E-state index contributed by atoms with van der Waals surface area (Å²) in [5.74, 6) is 0.802. The quantitative estimate of drug-likeness (QED) is 0.549. The smallest absolute Gasteiger partial charge is 0.164 e. The monoisotopic (exact) mass is 350 g/mol. The van der Waals surface area contributed by atoms with Crippen LogP contribution in [0.25, 0.3) is 0 Å². The third-order valence-corrected chi connectivity index (χ3v) is 6.70. The van der Waals surface area contributed by atoms with E-state index in [4.69, 9.17) is 34.8 Å². The molecule has 1 fully saturated rings. The Kier molecular flexibility index (Phi) is 5.01. The van der Waals surface area contributed by atoms with Crippen molar-refractivity contribution >= 4 is 52.3 Å². The third kappa shape index (κ3) is 3.47. The minimum Gasteiger partial charge on any atom is -0.294 e. The molecule has 0 bridgehead atoms. The van der Waals surface area contributed by atoms with Crippen LogP contribution in [0.15, 0.2) is 30.3 Å². The summed E-state index contributed by atoms with van der Waals surface area (Å²) in [4.78, 5) is 11.8. The lowest BCUT2D eigenvalue weighted by Crippen LogP contribution is -2.41. The second-order valence-corrected chi connectivity index (χ2v) is 9.26. The van der Waals surface area contributed by atoms with Crippen LogP contribution in [0, 0.1) is 5.92 Å². The molecule has 20 heavy (non-hydrogen) atoms. The van der Waals surface area contributed by atoms with Gasteiger partial charge in [0.2, 0.25) is 0 Å². The Morgan fingerprint density at radius 3 is 2.45 bits per heavy atom. The first-order valence-corrected chi connectivity index (χ1v) is 8.67. The first-order chi connectivity index (χ1) is 9.23. The van der Waals surface area contributed by atoms with Crippen LogP contribution in [0.2, 0.25) is 0 Å². The van der Waals surface area contributed by atoms with Gasteiger partial charge in [-0.15, -0.1) is 11.6 Å². The van der Waals surface area contributed by atoms with Crippen molar-refractivity contribution in [1.82, 2.24) is 0 Å². The number of carbonyl (C=O) groups is 1. The van der Waals surface area contributed by atoms with E-state index in [-0.39, 0.29) is 17.0 Å². The molecule has 2 atom stereocenters. The summed E-state index contributed by atoms with van der Waals surface area (Å²) >= 11 is 21.1. The number of hydrogen-bond acceptors (Lipinski definition) is 2. The van der Waals surface area contributed by atoms with E-state index in [9.17, 15) is 4.79 Å². The molecule has 1 aliphatic heterocycles. The molecular formula is C15H17Cl3OS. The molecule has 0 spiro atoms. The molecule has 0 saturated carbocycles. The highest BCUT2D eigenvalue weighted by molar-refractivity contribution is 8.00. The summed E-state index contributed by atoms with van der Waals surface area (Å²) in [6.45, 7) is 3.83. The van der Waals surface area contributed by atoms with Crippen LogP contribution in [-0.4, -0.2) is 26.0 Å². The fraction of sp³-hybridized carbons (Fsp3) is 0.533. The van der Waals surface area contributed by atoms with Crippen molar-refractivity contribution in [3.8, 4) is 0 Å². The summed E-state index contributed by atoms with van der Waals surface area (Å²) in [5.41, 5.74) is 0.700. The summed E-state index contributed by atoms with van der Waals surface area (Å²) in [7, 11) is 0. The predicted molar refractivity (Wildman–Crippen MR) is 89.5 cm³/mol. The van der Waals surface area contributed by atoms with Gasteiger partial charge in [-0.05, 0) is 13.8 Å². The van der Waals surface area contributed by atoms with Crippen LogP contribution in [-0.2, 0) is 0 Å². The Bertz CT molecular complexity index is 482. The molecule has 1 aromatic rings. The zero-order chi connectivity index (χ0) is 15.0. The molecule has 0 aliphatic carbocycles. The Balaban J connectivity index is 2.10. The third-order valence-electron chi connectivity index (χ3n) is 3.65. The van der Waals surface area contributed by atoms with Gasteiger partial charge in [-0.2, -0.15) is 11.8 Å². The molecule has 0 aromatic heterocycles. The van der Waals surface area contributed by atoms with Gasteiger partial charge in [0.25, 0.3) is 0 Å². The zero-order valence-electron chi connectivity index (χ0n) is 11.4. The molecule has 2 rings (SSSR count). The fourth-order valence-corrected chi connectivity index (χ4v) is 6.05. The van der Waals surface area contributed by atoms with Crippen molar-refractivity contribution in [3.63, 3.8) is 0 Å². The summed E-state index contributed by atoms with van der Waals surface area (Å²) < 4.78 is -0.972. The standard InChI is InChI=1S/C15H17Cl3OS/c1-14(2,16)12-9-20-13(15(12,17)18)8-11(19)10-6-4-3-5-7-10/h3-7,12-13H,8-9H2,1-2H3/t12-,13-/m0/s1. The number of Topliss-reactive ketones (excluding diaryl/α,β-unsaturated/α-hetero) is 1. The van der Waals surface area contributed by atoms with Crippen LogP contribution in [0.5, 0.6) is 0 Å². The first kappa shape index (κ1) is 16.5. The van der Waals surface area contributed by atoms with Crippen molar-refractivity contribution in [2.75, 3.05) is 5.75 Å². The lowest BCUT2D eigenvalue weighted by atomic mass is 9.89. The molecule has 0 amide bonds. The maximum atomic E-state index is 12.3. The average molecular weight is 352 g/mol. The van der Waals surface area contributed by atoms with Crippen molar-refractivity contribution in [2.24, 2.45) is 5.92 Å². The van der Waals surface area contributed by atoms with Crippen LogP contribution in [0.4, 0.5) is 0 Å². The Hall–Kier alpha value is 0.110. The second kappa shape index (κ2) is 6.08. The molecule has 1 aliphatic rings. The molecule has 5 heteroatoms. The van der Waals surface area contributed by atoms with E-state index in [0.29, 0.717) is 12.0 Å². The van der Waals surface area contributed by atoms with Gasteiger partial charge in [0.05, 0.1) is 0 Å². The highest BCUT2D eigenvalue weighted by Crippen LogP contribution is 2.54. The van der Waals surface area contributed by atoms with Crippen LogP contribution in [0.3, 0.4) is 0 Å². The van der Waals surface area contributed by atoms with Gasteiger partial charge in [0, 0.05) is 33.8 Å². The summed E-state index contributed by atoms with van der Waals surface area (Å²) in [6.07, 6.45) is 0.338. The number of thioether (sulfide) groups is 1. The predicted octanol–water partition coefficient (Wildman–Crippen LogP) is 5.18. The Labute approximate surface area is 139 Å². The highest BCUT2D eigenvalue weighted by Gasteiger charge is 2.54. The number of hydrogen-bond donors (Lipinski definition) is 0. The van der Waals surface area contributed by atoms with Crippen molar-refractivity contribution in [2.45, 2.75) is 34.7 Å². The molecular weight excluding hydrogens is 335 g/mol. The molecule has 0 N–H and O–H groups in total. The van der Waals surface area contributed by atoms with Crippen molar-refractivity contribution < 1.29 is 4.79 Å². The lowest BCUT2D eigenvalue weighted by molar-refractivity contribution is 0.0979. The van der Waals surface area contributed by atoms with Gasteiger partial charge in [-0.25, -0.2) is 0 Å². The van der Waals surface area contributed by atoms with Crippen LogP contribution >= 0.6 is 46.6 Å². The maximum absolute atomic E-state index is 12.3. The minimum atomic E-state index is -0.972. The van der Waals surface area contributed by atoms with Crippen LogP contribution < -0.4 is 0 Å². The Morgan fingerprint density at radius 2 is 1.95 bits per heavy atom. The average Bonchev–Trinajstić information content (AvgIpc) is 2.65. The molecule has 1 aromatic carbocycles. The van der Waals surface area contributed by atoms with E-state index in [1.54, 1.807) is 11.8 Å². The SMILES string of the molecule is CC(C)(Cl)[C@@H]1CS[C@@H](CC(=O)c2ccccc2)C1(Cl)Cl. The topological polar surface area (TPSA) is 17.1 Å². The van der Waals surface area contributed by atoms with Gasteiger partial charge in [0.1, 0.15) is 4.33 Å². The number of rotatable bonds is 4. The maximum Gasteiger partial charge on any atom is 0.164 e. The summed E-state index contributed by atoms with van der Waals surface area (Å²) in [5, 5.41) is -0.124. The molecule has 0 unspecified atom stereocenters. The minimum absolute atomic E-state index is 0.0430. The van der Waals surface area contributed by atoms with Gasteiger partial charge >= 0.3 is 0 Å². The number of ketones is 1. The molecule has 0 radical (unpaired) electrons. The van der Waals surface area contributed by atoms with Gasteiger partial charge in [-0.1, -0.05) is 53.5 Å². The Morgan fingerprint density at radius 1 is 1.35 bits per heavy atom. The number of carbonyl (C=O) groups excluding carboxylic acids is 1. The normalized spacial score (nSPS) is 25.6. The van der Waals surface area contributed by atoms with Gasteiger partial charge in [0.15, 0.2) is 5.78 Å². The largest absolute Gasteiger partial charge is 0.294 e. The van der Waals surface area contributed by atoms with E-state index in [1.165, 1.54) is 0 Å². The second-order valence-electron chi connectivity index (χ2n) is 5.61. The summed E-state index contributed by atoms with van der Waals surface area (Å²) in [6, 6.07) is 9.23. The van der Waals surface area contributed by atoms with Crippen molar-refractivity contribution in [1.29, 1.82) is 0 Å². The van der Waals surface area contributed by atoms with Gasteiger partial charge < -0.3 is 0 Å². The zero-order valence-corrected chi connectivity index (χ0v) is 14.5. The van der Waals surface area contributed by atoms with E-state index in [2.05, 4.69) is 0 Å². The van der Waals surface area contributed by atoms with E-state index in [0.717, 1.165) is 5.75 Å². The van der Waals surface area contributed by atoms with Crippen LogP contribution in [0.1, 0.15) is 30.6 Å². The van der Waals surface area contributed by atoms with Gasteiger partial charge in [-0.3, -0.25) is 4.79 Å². The number of alkyl halides is 3. The number of halogens is 3. The fourth-order valence-electron chi connectivity index (χ4n) is 2.42. The van der Waals surface area contributed by atoms with E-state index >= 15 is 0 Å². The first-order valence-electron chi connectivity index (χ1n) is 6.49. The van der Waals surface area contributed by atoms with E-state index in [1.807, 2.05) is 44.2 Å². The molecule has 1 heterocycles. The highest BCUT2D eigenvalue weighted by atomic mass is 35.5. The lowest BCUT2D eigenvalue weighted by Gasteiger charge is -2.34. The van der Waals surface area contributed by atoms with Crippen molar-refractivity contribution in [3.05, 3.63) is 35.9 Å². The number of benzene rings is 1. The molecule has 1 nitrogen and oxygen atoms in total. The molecule has 110 valence electrons. The molecule has 1 saturated heterocycles.